The molecular formula is C15H22ClNO3. The molecule has 1 heterocycles. The molecule has 1 unspecified atom stereocenters. The molecule has 5 heteroatoms. The fraction of sp³-hybridized carbons (Fsp3) is 0.600. The average Bonchev–Trinajstić information content (AvgIpc) is 2.71. The molecular weight excluding hydrogens is 278 g/mol. The second kappa shape index (κ2) is 7.72. The lowest BCUT2D eigenvalue weighted by Crippen LogP contribution is -2.29. The first-order valence-corrected chi connectivity index (χ1v) is 7.55. The Morgan fingerprint density at radius 2 is 2.05 bits per heavy atom. The van der Waals surface area contributed by atoms with Gasteiger partial charge in [-0.15, -0.1) is 11.6 Å². The Morgan fingerprint density at radius 1 is 1.30 bits per heavy atom. The van der Waals surface area contributed by atoms with E-state index >= 15 is 0 Å². The third kappa shape index (κ3) is 4.01. The van der Waals surface area contributed by atoms with E-state index in [9.17, 15) is 0 Å². The van der Waals surface area contributed by atoms with Gasteiger partial charge in [-0.1, -0.05) is 13.0 Å². The zero-order valence-electron chi connectivity index (χ0n) is 11.8. The van der Waals surface area contributed by atoms with Crippen LogP contribution in [0.5, 0.6) is 11.5 Å². The highest BCUT2D eigenvalue weighted by molar-refractivity contribution is 6.21. The Bertz CT molecular complexity index is 428. The Balaban J connectivity index is 2.06. The molecule has 0 aliphatic carbocycles. The van der Waals surface area contributed by atoms with Gasteiger partial charge in [0.05, 0.1) is 25.2 Å². The molecule has 1 aromatic rings. The first-order valence-electron chi connectivity index (χ1n) is 7.11. The standard InChI is InChI=1S/C15H22ClNO3/c1-2-17(6-7-18)11-13(16)12-4-5-14-15(10-12)20-9-3-8-19-14/h4-5,10,13,18H,2-3,6-9,11H2,1H3. The maximum absolute atomic E-state index is 9.02. The number of likely N-dealkylation sites (N-methyl/N-ethyl adjacent to an activating group) is 1. The number of aliphatic hydroxyl groups excluding tert-OH is 1. The summed E-state index contributed by atoms with van der Waals surface area (Å²) in [5.41, 5.74) is 1.02. The molecule has 0 amide bonds. The van der Waals surface area contributed by atoms with Crippen LogP contribution in [0.1, 0.15) is 24.3 Å². The summed E-state index contributed by atoms with van der Waals surface area (Å²) in [7, 11) is 0. The van der Waals surface area contributed by atoms with Crippen molar-refractivity contribution < 1.29 is 14.6 Å². The number of aliphatic hydroxyl groups is 1. The Labute approximate surface area is 125 Å². The summed E-state index contributed by atoms with van der Waals surface area (Å²) in [6.45, 7) is 5.80. The van der Waals surface area contributed by atoms with E-state index in [4.69, 9.17) is 26.2 Å². The van der Waals surface area contributed by atoms with Crippen LogP contribution in [0, 0.1) is 0 Å². The molecule has 0 fully saturated rings. The van der Waals surface area contributed by atoms with Gasteiger partial charge in [0.15, 0.2) is 11.5 Å². The van der Waals surface area contributed by atoms with Crippen molar-refractivity contribution in [3.8, 4) is 11.5 Å². The SMILES string of the molecule is CCN(CCO)CC(Cl)c1ccc2c(c1)OCCCO2. The third-order valence-electron chi connectivity index (χ3n) is 3.42. The van der Waals surface area contributed by atoms with Crippen LogP contribution in [0.2, 0.25) is 0 Å². The summed E-state index contributed by atoms with van der Waals surface area (Å²) in [4.78, 5) is 2.13. The Kier molecular flexibility index (Phi) is 5.95. The van der Waals surface area contributed by atoms with Gasteiger partial charge in [-0.2, -0.15) is 0 Å². The largest absolute Gasteiger partial charge is 0.490 e. The molecule has 0 bridgehead atoms. The molecule has 0 radical (unpaired) electrons. The number of fused-ring (bicyclic) bond motifs is 1. The lowest BCUT2D eigenvalue weighted by Gasteiger charge is -2.22. The van der Waals surface area contributed by atoms with E-state index in [-0.39, 0.29) is 12.0 Å². The van der Waals surface area contributed by atoms with Crippen LogP contribution < -0.4 is 9.47 Å². The van der Waals surface area contributed by atoms with Gasteiger partial charge in [-0.3, -0.25) is 4.90 Å². The van der Waals surface area contributed by atoms with Gasteiger partial charge in [0.1, 0.15) is 0 Å². The first-order chi connectivity index (χ1) is 9.74. The zero-order valence-corrected chi connectivity index (χ0v) is 12.6. The zero-order chi connectivity index (χ0) is 14.4. The van der Waals surface area contributed by atoms with Crippen molar-refractivity contribution in [2.75, 3.05) is 39.5 Å². The van der Waals surface area contributed by atoms with Crippen molar-refractivity contribution >= 4 is 11.6 Å². The van der Waals surface area contributed by atoms with E-state index in [1.165, 1.54) is 0 Å². The lowest BCUT2D eigenvalue weighted by molar-refractivity contribution is 0.202. The minimum absolute atomic E-state index is 0.126. The Morgan fingerprint density at radius 3 is 2.75 bits per heavy atom. The summed E-state index contributed by atoms with van der Waals surface area (Å²) < 4.78 is 11.3. The minimum Gasteiger partial charge on any atom is -0.490 e. The van der Waals surface area contributed by atoms with Gasteiger partial charge >= 0.3 is 0 Å². The maximum Gasteiger partial charge on any atom is 0.161 e. The summed E-state index contributed by atoms with van der Waals surface area (Å²) in [5, 5.41) is 8.89. The van der Waals surface area contributed by atoms with Gasteiger partial charge in [0.2, 0.25) is 0 Å². The highest BCUT2D eigenvalue weighted by Gasteiger charge is 2.16. The number of hydrogen-bond donors (Lipinski definition) is 1. The molecule has 0 aromatic heterocycles. The minimum atomic E-state index is -0.126. The predicted octanol–water partition coefficient (Wildman–Crippen LogP) is 2.44. The third-order valence-corrected chi connectivity index (χ3v) is 3.81. The van der Waals surface area contributed by atoms with E-state index < -0.39 is 0 Å². The monoisotopic (exact) mass is 299 g/mol. The van der Waals surface area contributed by atoms with Crippen LogP contribution in [0.3, 0.4) is 0 Å². The van der Waals surface area contributed by atoms with Gasteiger partial charge in [0, 0.05) is 19.5 Å². The highest BCUT2D eigenvalue weighted by Crippen LogP contribution is 2.34. The van der Waals surface area contributed by atoms with Crippen LogP contribution in [0.15, 0.2) is 18.2 Å². The van der Waals surface area contributed by atoms with Crippen molar-refractivity contribution in [3.63, 3.8) is 0 Å². The molecule has 1 atom stereocenters. The fourth-order valence-corrected chi connectivity index (χ4v) is 2.56. The summed E-state index contributed by atoms with van der Waals surface area (Å²) in [6.07, 6.45) is 0.897. The second-order valence-electron chi connectivity index (χ2n) is 4.84. The van der Waals surface area contributed by atoms with Crippen LogP contribution in [0.4, 0.5) is 0 Å². The van der Waals surface area contributed by atoms with Crippen molar-refractivity contribution in [3.05, 3.63) is 23.8 Å². The number of hydrogen-bond acceptors (Lipinski definition) is 4. The molecule has 20 heavy (non-hydrogen) atoms. The molecule has 1 aromatic carbocycles. The van der Waals surface area contributed by atoms with Crippen molar-refractivity contribution in [1.29, 1.82) is 0 Å². The maximum atomic E-state index is 9.02. The van der Waals surface area contributed by atoms with Gasteiger partial charge in [0.25, 0.3) is 0 Å². The average molecular weight is 300 g/mol. The van der Waals surface area contributed by atoms with E-state index in [1.807, 2.05) is 18.2 Å². The van der Waals surface area contributed by atoms with E-state index in [0.717, 1.165) is 30.0 Å². The quantitative estimate of drug-likeness (QED) is 0.819. The smallest absolute Gasteiger partial charge is 0.161 e. The summed E-state index contributed by atoms with van der Waals surface area (Å²) in [5.74, 6) is 1.56. The molecule has 4 nitrogen and oxygen atoms in total. The Hall–Kier alpha value is -0.970. The number of rotatable bonds is 6. The van der Waals surface area contributed by atoms with E-state index in [1.54, 1.807) is 0 Å². The van der Waals surface area contributed by atoms with Crippen molar-refractivity contribution in [1.82, 2.24) is 4.90 Å². The summed E-state index contributed by atoms with van der Waals surface area (Å²) in [6, 6.07) is 5.87. The molecule has 1 aliphatic heterocycles. The van der Waals surface area contributed by atoms with Crippen molar-refractivity contribution in [2.24, 2.45) is 0 Å². The van der Waals surface area contributed by atoms with Gasteiger partial charge < -0.3 is 14.6 Å². The van der Waals surface area contributed by atoms with Crippen LogP contribution in [-0.2, 0) is 0 Å². The molecule has 2 rings (SSSR count). The molecule has 0 spiro atoms. The molecule has 1 N–H and O–H groups in total. The van der Waals surface area contributed by atoms with Gasteiger partial charge in [-0.25, -0.2) is 0 Å². The number of nitrogens with zero attached hydrogens (tertiary/aromatic N) is 1. The van der Waals surface area contributed by atoms with Gasteiger partial charge in [-0.05, 0) is 24.2 Å². The fourth-order valence-electron chi connectivity index (χ4n) is 2.23. The van der Waals surface area contributed by atoms with E-state index in [0.29, 0.717) is 26.3 Å². The van der Waals surface area contributed by atoms with Crippen LogP contribution >= 0.6 is 11.6 Å². The van der Waals surface area contributed by atoms with Crippen LogP contribution in [-0.4, -0.2) is 49.5 Å². The second-order valence-corrected chi connectivity index (χ2v) is 5.37. The van der Waals surface area contributed by atoms with Crippen LogP contribution in [0.25, 0.3) is 0 Å². The number of benzene rings is 1. The first kappa shape index (κ1) is 15.4. The number of alkyl halides is 1. The summed E-state index contributed by atoms with van der Waals surface area (Å²) >= 11 is 6.48. The van der Waals surface area contributed by atoms with Crippen molar-refractivity contribution in [2.45, 2.75) is 18.7 Å². The highest BCUT2D eigenvalue weighted by atomic mass is 35.5. The molecule has 0 saturated carbocycles. The molecule has 1 aliphatic rings. The molecule has 112 valence electrons. The number of halogens is 1. The predicted molar refractivity (Wildman–Crippen MR) is 79.8 cm³/mol. The number of ether oxygens (including phenoxy) is 2. The topological polar surface area (TPSA) is 41.9 Å². The molecule has 0 saturated heterocycles. The normalized spacial score (nSPS) is 16.0. The lowest BCUT2D eigenvalue weighted by atomic mass is 10.1. The van der Waals surface area contributed by atoms with E-state index in [2.05, 4.69) is 11.8 Å².